The van der Waals surface area contributed by atoms with Crippen molar-refractivity contribution in [2.24, 2.45) is 13.0 Å². The number of carbonyl (C=O) groups excluding carboxylic acids is 1. The fraction of sp³-hybridized carbons (Fsp3) is 0.500. The first-order chi connectivity index (χ1) is 12.2. The third kappa shape index (κ3) is 4.21. The van der Waals surface area contributed by atoms with Crippen molar-refractivity contribution in [2.45, 2.75) is 44.6 Å². The standard InChI is InChI=1S/C20H27N3O2/c1-23-13-12-21-20(23)19(16-10-6-7-11-17(16)25-2)22-18(24)14-15-8-4-3-5-9-15/h6-7,10-13,15,19H,3-5,8-9,14H2,1-2H3,(H,22,24). The van der Waals surface area contributed by atoms with Gasteiger partial charge in [-0.25, -0.2) is 4.98 Å². The zero-order chi connectivity index (χ0) is 17.6. The van der Waals surface area contributed by atoms with Crippen LogP contribution in [0.5, 0.6) is 5.75 Å². The van der Waals surface area contributed by atoms with Crippen LogP contribution in [-0.2, 0) is 11.8 Å². The Hall–Kier alpha value is -2.30. The summed E-state index contributed by atoms with van der Waals surface area (Å²) in [5, 5.41) is 3.20. The van der Waals surface area contributed by atoms with Crippen molar-refractivity contribution >= 4 is 5.91 Å². The lowest BCUT2D eigenvalue weighted by atomic mass is 9.86. The largest absolute Gasteiger partial charge is 0.496 e. The van der Waals surface area contributed by atoms with E-state index in [9.17, 15) is 4.79 Å². The van der Waals surface area contributed by atoms with E-state index in [4.69, 9.17) is 4.74 Å². The van der Waals surface area contributed by atoms with Gasteiger partial charge in [0.1, 0.15) is 17.6 Å². The van der Waals surface area contributed by atoms with Gasteiger partial charge in [-0.1, -0.05) is 37.5 Å². The summed E-state index contributed by atoms with van der Waals surface area (Å²) in [5.41, 5.74) is 0.927. The van der Waals surface area contributed by atoms with Crippen LogP contribution < -0.4 is 10.1 Å². The highest BCUT2D eigenvalue weighted by molar-refractivity contribution is 5.77. The molecule has 134 valence electrons. The molecule has 5 heteroatoms. The Morgan fingerprint density at radius 1 is 1.32 bits per heavy atom. The van der Waals surface area contributed by atoms with Gasteiger partial charge in [-0.15, -0.1) is 0 Å². The van der Waals surface area contributed by atoms with E-state index >= 15 is 0 Å². The van der Waals surface area contributed by atoms with E-state index in [0.717, 1.165) is 30.0 Å². The van der Waals surface area contributed by atoms with Crippen LogP contribution in [-0.4, -0.2) is 22.6 Å². The number of hydrogen-bond donors (Lipinski definition) is 1. The Balaban J connectivity index is 1.82. The number of hydrogen-bond acceptors (Lipinski definition) is 3. The molecule has 0 saturated heterocycles. The van der Waals surface area contributed by atoms with Crippen molar-refractivity contribution in [1.82, 2.24) is 14.9 Å². The van der Waals surface area contributed by atoms with E-state index in [1.807, 2.05) is 42.1 Å². The number of amides is 1. The Bertz CT molecular complexity index is 704. The van der Waals surface area contributed by atoms with Crippen LogP contribution in [0.25, 0.3) is 0 Å². The maximum Gasteiger partial charge on any atom is 0.221 e. The minimum atomic E-state index is -0.313. The van der Waals surface area contributed by atoms with Crippen LogP contribution in [0.2, 0.25) is 0 Å². The zero-order valence-corrected chi connectivity index (χ0v) is 15.1. The second kappa shape index (κ2) is 8.19. The molecule has 1 aliphatic carbocycles. The van der Waals surface area contributed by atoms with Crippen molar-refractivity contribution in [1.29, 1.82) is 0 Å². The topological polar surface area (TPSA) is 56.1 Å². The summed E-state index contributed by atoms with van der Waals surface area (Å²) in [6, 6.07) is 7.48. The molecular weight excluding hydrogens is 314 g/mol. The van der Waals surface area contributed by atoms with Gasteiger partial charge in [-0.05, 0) is 24.8 Å². The number of ether oxygens (including phenoxy) is 1. The Morgan fingerprint density at radius 3 is 2.76 bits per heavy atom. The molecule has 1 heterocycles. The monoisotopic (exact) mass is 341 g/mol. The Morgan fingerprint density at radius 2 is 2.08 bits per heavy atom. The van der Waals surface area contributed by atoms with Crippen molar-refractivity contribution in [3.63, 3.8) is 0 Å². The molecule has 1 atom stereocenters. The summed E-state index contributed by atoms with van der Waals surface area (Å²) in [5.74, 6) is 2.16. The number of benzene rings is 1. The second-order valence-corrected chi connectivity index (χ2v) is 6.85. The maximum atomic E-state index is 12.7. The van der Waals surface area contributed by atoms with Crippen LogP contribution in [0.1, 0.15) is 56.0 Å². The number of carbonyl (C=O) groups is 1. The molecule has 1 N–H and O–H groups in total. The van der Waals surface area contributed by atoms with Gasteiger partial charge in [0, 0.05) is 31.4 Å². The van der Waals surface area contributed by atoms with Crippen molar-refractivity contribution in [3.05, 3.63) is 48.0 Å². The molecule has 2 aromatic rings. The molecule has 1 aliphatic rings. The van der Waals surface area contributed by atoms with Gasteiger partial charge in [0.15, 0.2) is 0 Å². The van der Waals surface area contributed by atoms with Crippen molar-refractivity contribution in [3.8, 4) is 5.75 Å². The molecule has 0 spiro atoms. The molecule has 0 radical (unpaired) electrons. The van der Waals surface area contributed by atoms with E-state index in [2.05, 4.69) is 10.3 Å². The highest BCUT2D eigenvalue weighted by Gasteiger charge is 2.25. The average molecular weight is 341 g/mol. The smallest absolute Gasteiger partial charge is 0.221 e. The molecular formula is C20H27N3O2. The summed E-state index contributed by atoms with van der Waals surface area (Å²) in [7, 11) is 3.59. The first-order valence-electron chi connectivity index (χ1n) is 9.08. The highest BCUT2D eigenvalue weighted by Crippen LogP contribution is 2.30. The zero-order valence-electron chi connectivity index (χ0n) is 15.1. The molecule has 3 rings (SSSR count). The summed E-state index contributed by atoms with van der Waals surface area (Å²) >= 11 is 0. The summed E-state index contributed by atoms with van der Waals surface area (Å²) in [6.45, 7) is 0. The van der Waals surface area contributed by atoms with E-state index in [1.54, 1.807) is 13.3 Å². The molecule has 1 fully saturated rings. The molecule has 5 nitrogen and oxygen atoms in total. The lowest BCUT2D eigenvalue weighted by Gasteiger charge is -2.24. The number of nitrogens with zero attached hydrogens (tertiary/aromatic N) is 2. The summed E-state index contributed by atoms with van der Waals surface area (Å²) in [6.07, 6.45) is 10.4. The number of nitrogens with one attached hydrogen (secondary N) is 1. The van der Waals surface area contributed by atoms with Gasteiger partial charge in [0.2, 0.25) is 5.91 Å². The van der Waals surface area contributed by atoms with Gasteiger partial charge >= 0.3 is 0 Å². The van der Waals surface area contributed by atoms with E-state index in [-0.39, 0.29) is 11.9 Å². The van der Waals surface area contributed by atoms with E-state index in [1.165, 1.54) is 19.3 Å². The molecule has 1 aromatic heterocycles. The fourth-order valence-electron chi connectivity index (χ4n) is 3.71. The quantitative estimate of drug-likeness (QED) is 0.873. The van der Waals surface area contributed by atoms with Gasteiger partial charge in [-0.2, -0.15) is 0 Å². The molecule has 0 aliphatic heterocycles. The van der Waals surface area contributed by atoms with E-state index < -0.39 is 0 Å². The van der Waals surface area contributed by atoms with Crippen LogP contribution in [0, 0.1) is 5.92 Å². The van der Waals surface area contributed by atoms with Crippen molar-refractivity contribution < 1.29 is 9.53 Å². The van der Waals surface area contributed by atoms with Gasteiger partial charge < -0.3 is 14.6 Å². The highest BCUT2D eigenvalue weighted by atomic mass is 16.5. The number of aryl methyl sites for hydroxylation is 1. The van der Waals surface area contributed by atoms with Gasteiger partial charge in [-0.3, -0.25) is 4.79 Å². The number of aromatic nitrogens is 2. The first-order valence-corrected chi connectivity index (χ1v) is 9.08. The first kappa shape index (κ1) is 17.5. The summed E-state index contributed by atoms with van der Waals surface area (Å²) in [4.78, 5) is 17.2. The van der Waals surface area contributed by atoms with Crippen LogP contribution in [0.4, 0.5) is 0 Å². The number of imidazole rings is 1. The minimum Gasteiger partial charge on any atom is -0.496 e. The predicted molar refractivity (Wildman–Crippen MR) is 97.4 cm³/mol. The van der Waals surface area contributed by atoms with Gasteiger partial charge in [0.25, 0.3) is 0 Å². The maximum absolute atomic E-state index is 12.7. The van der Waals surface area contributed by atoms with Crippen LogP contribution >= 0.6 is 0 Å². The molecule has 1 saturated carbocycles. The lowest BCUT2D eigenvalue weighted by molar-refractivity contribution is -0.122. The third-order valence-corrected chi connectivity index (χ3v) is 5.07. The van der Waals surface area contributed by atoms with E-state index in [0.29, 0.717) is 12.3 Å². The number of methoxy groups -OCH3 is 1. The second-order valence-electron chi connectivity index (χ2n) is 6.85. The normalized spacial score (nSPS) is 16.4. The lowest BCUT2D eigenvalue weighted by Crippen LogP contribution is -2.32. The minimum absolute atomic E-state index is 0.0887. The molecule has 1 aromatic carbocycles. The summed E-state index contributed by atoms with van der Waals surface area (Å²) < 4.78 is 7.45. The third-order valence-electron chi connectivity index (χ3n) is 5.07. The SMILES string of the molecule is COc1ccccc1C(NC(=O)CC1CCCCC1)c1nccn1C. The Kier molecular flexibility index (Phi) is 5.74. The average Bonchev–Trinajstić information content (AvgIpc) is 3.06. The van der Waals surface area contributed by atoms with Crippen LogP contribution in [0.15, 0.2) is 36.7 Å². The molecule has 1 unspecified atom stereocenters. The van der Waals surface area contributed by atoms with Gasteiger partial charge in [0.05, 0.1) is 7.11 Å². The van der Waals surface area contributed by atoms with Crippen LogP contribution in [0.3, 0.4) is 0 Å². The molecule has 0 bridgehead atoms. The van der Waals surface area contributed by atoms with Crippen molar-refractivity contribution in [2.75, 3.05) is 7.11 Å². The predicted octanol–water partition coefficient (Wildman–Crippen LogP) is 3.60. The number of para-hydroxylation sites is 1. The number of rotatable bonds is 6. The Labute approximate surface area is 149 Å². The fourth-order valence-corrected chi connectivity index (χ4v) is 3.71. The molecule has 25 heavy (non-hydrogen) atoms. The molecule has 1 amide bonds.